The number of guanidine groups is 1. The van der Waals surface area contributed by atoms with Crippen LogP contribution in [0.3, 0.4) is 0 Å². The van der Waals surface area contributed by atoms with Crippen LogP contribution in [0, 0.1) is 5.92 Å². The third kappa shape index (κ3) is 6.20. The van der Waals surface area contributed by atoms with Crippen LogP contribution >= 0.6 is 0 Å². The lowest BCUT2D eigenvalue weighted by Gasteiger charge is -2.21. The van der Waals surface area contributed by atoms with Crippen LogP contribution in [0.4, 0.5) is 0 Å². The van der Waals surface area contributed by atoms with Crippen LogP contribution in [0.5, 0.6) is 0 Å². The maximum Gasteiger partial charge on any atom is 0.194 e. The van der Waals surface area contributed by atoms with Crippen molar-refractivity contribution in [2.24, 2.45) is 10.9 Å². The van der Waals surface area contributed by atoms with Gasteiger partial charge in [-0.1, -0.05) is 30.3 Å². The molecule has 1 atom stereocenters. The van der Waals surface area contributed by atoms with E-state index in [0.717, 1.165) is 38.6 Å². The maximum absolute atomic E-state index is 5.88. The summed E-state index contributed by atoms with van der Waals surface area (Å²) >= 11 is 0. The molecule has 5 nitrogen and oxygen atoms in total. The van der Waals surface area contributed by atoms with Gasteiger partial charge in [0.25, 0.3) is 0 Å². The molecule has 1 aliphatic heterocycles. The lowest BCUT2D eigenvalue weighted by Crippen LogP contribution is -2.40. The third-order valence-corrected chi connectivity index (χ3v) is 3.94. The molecule has 1 saturated heterocycles. The van der Waals surface area contributed by atoms with Crippen molar-refractivity contribution < 1.29 is 9.47 Å². The van der Waals surface area contributed by atoms with Crippen LogP contribution in [0.25, 0.3) is 0 Å². The van der Waals surface area contributed by atoms with Crippen molar-refractivity contribution >= 4 is 5.96 Å². The minimum absolute atomic E-state index is 0.574. The quantitative estimate of drug-likeness (QED) is 0.453. The number of hydrogen-bond donors (Lipinski definition) is 1. The number of nitrogens with zero attached hydrogens (tertiary/aromatic N) is 2. The summed E-state index contributed by atoms with van der Waals surface area (Å²) in [7, 11) is 1.71. The molecule has 0 radical (unpaired) electrons. The Morgan fingerprint density at radius 3 is 2.91 bits per heavy atom. The van der Waals surface area contributed by atoms with E-state index in [4.69, 9.17) is 9.47 Å². The summed E-state index contributed by atoms with van der Waals surface area (Å²) in [6, 6.07) is 10.3. The van der Waals surface area contributed by atoms with E-state index in [-0.39, 0.29) is 0 Å². The fourth-order valence-electron chi connectivity index (χ4n) is 2.75. The molecule has 0 bridgehead atoms. The summed E-state index contributed by atoms with van der Waals surface area (Å²) in [5.74, 6) is 1.57. The minimum Gasteiger partial charge on any atom is -0.383 e. The largest absolute Gasteiger partial charge is 0.383 e. The second-order valence-electron chi connectivity index (χ2n) is 5.83. The fraction of sp³-hybridized carbons (Fsp3) is 0.611. The summed E-state index contributed by atoms with van der Waals surface area (Å²) in [5, 5.41) is 3.37. The maximum atomic E-state index is 5.88. The van der Waals surface area contributed by atoms with E-state index in [1.54, 1.807) is 7.11 Å². The van der Waals surface area contributed by atoms with Gasteiger partial charge in [0.1, 0.15) is 0 Å². The molecule has 0 aliphatic carbocycles. The van der Waals surface area contributed by atoms with Crippen molar-refractivity contribution in [3.05, 3.63) is 35.9 Å². The van der Waals surface area contributed by atoms with Gasteiger partial charge in [-0.3, -0.25) is 4.99 Å². The molecule has 1 unspecified atom stereocenters. The van der Waals surface area contributed by atoms with E-state index in [0.29, 0.717) is 25.7 Å². The SMILES string of the molecule is CCNC(=NCCOC)N1CCC(COCc2ccccc2)C1. The van der Waals surface area contributed by atoms with E-state index in [1.807, 2.05) is 6.07 Å². The minimum atomic E-state index is 0.574. The van der Waals surface area contributed by atoms with Gasteiger partial charge in [0.05, 0.1) is 26.4 Å². The normalized spacial score (nSPS) is 18.4. The molecule has 0 saturated carbocycles. The average Bonchev–Trinajstić information content (AvgIpc) is 3.04. The smallest absolute Gasteiger partial charge is 0.194 e. The van der Waals surface area contributed by atoms with Crippen LogP contribution < -0.4 is 5.32 Å². The Kier molecular flexibility index (Phi) is 7.90. The van der Waals surface area contributed by atoms with Crippen molar-refractivity contribution in [3.8, 4) is 0 Å². The van der Waals surface area contributed by atoms with E-state index in [1.165, 1.54) is 5.56 Å². The monoisotopic (exact) mass is 319 g/mol. The zero-order chi connectivity index (χ0) is 16.3. The van der Waals surface area contributed by atoms with Gasteiger partial charge >= 0.3 is 0 Å². The molecule has 0 amide bonds. The first kappa shape index (κ1) is 17.8. The van der Waals surface area contributed by atoms with Gasteiger partial charge < -0.3 is 19.7 Å². The summed E-state index contributed by atoms with van der Waals surface area (Å²) in [5.41, 5.74) is 1.23. The fourth-order valence-corrected chi connectivity index (χ4v) is 2.75. The lowest BCUT2D eigenvalue weighted by molar-refractivity contribution is 0.0906. The van der Waals surface area contributed by atoms with Crippen LogP contribution in [0.15, 0.2) is 35.3 Å². The highest BCUT2D eigenvalue weighted by Crippen LogP contribution is 2.17. The number of ether oxygens (including phenoxy) is 2. The van der Waals surface area contributed by atoms with E-state index >= 15 is 0 Å². The molecule has 1 aliphatic rings. The molecule has 1 N–H and O–H groups in total. The van der Waals surface area contributed by atoms with Crippen molar-refractivity contribution in [2.45, 2.75) is 20.0 Å². The number of likely N-dealkylation sites (tertiary alicyclic amines) is 1. The predicted octanol–water partition coefficient (Wildman–Crippen LogP) is 2.14. The van der Waals surface area contributed by atoms with Gasteiger partial charge in [0.15, 0.2) is 5.96 Å². The Morgan fingerprint density at radius 1 is 1.35 bits per heavy atom. The molecule has 1 fully saturated rings. The third-order valence-electron chi connectivity index (χ3n) is 3.94. The number of methoxy groups -OCH3 is 1. The highest BCUT2D eigenvalue weighted by Gasteiger charge is 2.24. The van der Waals surface area contributed by atoms with Crippen LogP contribution in [-0.4, -0.2) is 57.4 Å². The first-order valence-electron chi connectivity index (χ1n) is 8.47. The molecule has 1 heterocycles. The number of nitrogens with one attached hydrogen (secondary N) is 1. The zero-order valence-corrected chi connectivity index (χ0v) is 14.3. The van der Waals surface area contributed by atoms with E-state index in [2.05, 4.69) is 46.4 Å². The van der Waals surface area contributed by atoms with Crippen molar-refractivity contribution in [3.63, 3.8) is 0 Å². The van der Waals surface area contributed by atoms with Gasteiger partial charge in [0, 0.05) is 32.7 Å². The second-order valence-corrected chi connectivity index (χ2v) is 5.83. The summed E-state index contributed by atoms with van der Waals surface area (Å²) < 4.78 is 11.0. The topological polar surface area (TPSA) is 46.1 Å². The molecule has 0 spiro atoms. The van der Waals surface area contributed by atoms with Crippen molar-refractivity contribution in [1.29, 1.82) is 0 Å². The molecular weight excluding hydrogens is 290 g/mol. The zero-order valence-electron chi connectivity index (χ0n) is 14.3. The molecule has 1 aromatic carbocycles. The molecule has 23 heavy (non-hydrogen) atoms. The van der Waals surface area contributed by atoms with Crippen LogP contribution in [-0.2, 0) is 16.1 Å². The van der Waals surface area contributed by atoms with Crippen LogP contribution in [0.1, 0.15) is 18.9 Å². The van der Waals surface area contributed by atoms with Gasteiger partial charge in [-0.25, -0.2) is 0 Å². The molecule has 1 aromatic rings. The first-order chi connectivity index (χ1) is 11.3. The van der Waals surface area contributed by atoms with Crippen molar-refractivity contribution in [1.82, 2.24) is 10.2 Å². The summed E-state index contributed by atoms with van der Waals surface area (Å²) in [6.07, 6.45) is 1.16. The lowest BCUT2D eigenvalue weighted by atomic mass is 10.1. The molecule has 2 rings (SSSR count). The predicted molar refractivity (Wildman–Crippen MR) is 93.6 cm³/mol. The van der Waals surface area contributed by atoms with Gasteiger partial charge in [-0.05, 0) is 18.9 Å². The van der Waals surface area contributed by atoms with Gasteiger partial charge in [0.2, 0.25) is 0 Å². The highest BCUT2D eigenvalue weighted by molar-refractivity contribution is 5.80. The molecule has 5 heteroatoms. The Labute approximate surface area is 139 Å². The van der Waals surface area contributed by atoms with Crippen molar-refractivity contribution in [2.75, 3.05) is 46.5 Å². The Hall–Kier alpha value is -1.59. The Balaban J connectivity index is 1.74. The Bertz CT molecular complexity index is 465. The average molecular weight is 319 g/mol. The first-order valence-corrected chi connectivity index (χ1v) is 8.47. The molecular formula is C18H29N3O2. The van der Waals surface area contributed by atoms with E-state index in [9.17, 15) is 0 Å². The van der Waals surface area contributed by atoms with Gasteiger partial charge in [-0.15, -0.1) is 0 Å². The number of rotatable bonds is 8. The van der Waals surface area contributed by atoms with Crippen LogP contribution in [0.2, 0.25) is 0 Å². The van der Waals surface area contributed by atoms with Gasteiger partial charge in [-0.2, -0.15) is 0 Å². The standard InChI is InChI=1S/C18H29N3O2/c1-3-19-18(20-10-12-22-2)21-11-9-17(13-21)15-23-14-16-7-5-4-6-8-16/h4-8,17H,3,9-15H2,1-2H3,(H,19,20). The highest BCUT2D eigenvalue weighted by atomic mass is 16.5. The molecule has 128 valence electrons. The number of aliphatic imine (C=N–C) groups is 1. The number of benzene rings is 1. The second kappa shape index (κ2) is 10.2. The summed E-state index contributed by atoms with van der Waals surface area (Å²) in [6.45, 7) is 7.89. The molecule has 0 aromatic heterocycles. The van der Waals surface area contributed by atoms with E-state index < -0.39 is 0 Å². The number of hydrogen-bond acceptors (Lipinski definition) is 3. The summed E-state index contributed by atoms with van der Waals surface area (Å²) in [4.78, 5) is 6.94. The Morgan fingerprint density at radius 2 is 2.17 bits per heavy atom.